The summed E-state index contributed by atoms with van der Waals surface area (Å²) in [6, 6.07) is 0.648. The summed E-state index contributed by atoms with van der Waals surface area (Å²) < 4.78 is 0. The molecule has 0 aromatic carbocycles. The molecule has 0 unspecified atom stereocenters. The molecule has 0 heterocycles. The van der Waals surface area contributed by atoms with Gasteiger partial charge in [0.15, 0.2) is 0 Å². The van der Waals surface area contributed by atoms with Crippen LogP contribution in [-0.2, 0) is 0 Å². The fourth-order valence-corrected chi connectivity index (χ4v) is 0.408. The van der Waals surface area contributed by atoms with E-state index < -0.39 is 0 Å². The summed E-state index contributed by atoms with van der Waals surface area (Å²) in [5, 5.41) is 3.21. The Hall–Kier alpha value is -0.0400. The average molecular weight is 147 g/mol. The Morgan fingerprint density at radius 1 is 1.10 bits per heavy atom. The maximum absolute atomic E-state index is 3.21. The minimum atomic E-state index is 0. The van der Waals surface area contributed by atoms with Gasteiger partial charge in [0.05, 0.1) is 0 Å². The highest BCUT2D eigenvalue weighted by Gasteiger charge is 1.82. The summed E-state index contributed by atoms with van der Waals surface area (Å²) in [5.74, 6) is 0. The molecule has 0 amide bonds. The topological polar surface area (TPSA) is 12.0 Å². The normalized spacial score (nSPS) is 7.80. The van der Waals surface area contributed by atoms with Crippen molar-refractivity contribution in [2.75, 3.05) is 6.54 Å². The maximum Gasteiger partial charge on any atom is 0.00102 e. The van der Waals surface area contributed by atoms with Gasteiger partial charge in [-0.05, 0) is 6.54 Å². The highest BCUT2D eigenvalue weighted by molar-refractivity contribution is 4.46. The van der Waals surface area contributed by atoms with Gasteiger partial charge in [-0.1, -0.05) is 48.5 Å². The van der Waals surface area contributed by atoms with E-state index in [1.54, 1.807) is 0 Å². The number of hydrogen-bond acceptors (Lipinski definition) is 1. The van der Waals surface area contributed by atoms with E-state index in [0.29, 0.717) is 6.04 Å². The lowest BCUT2D eigenvalue weighted by molar-refractivity contribution is 0.613. The second-order valence-electron chi connectivity index (χ2n) is 2.42. The van der Waals surface area contributed by atoms with Crippen LogP contribution >= 0.6 is 0 Å². The zero-order valence-electron chi connectivity index (χ0n) is 7.49. The Bertz CT molecular complexity index is 33.7. The van der Waals surface area contributed by atoms with Gasteiger partial charge in [0.25, 0.3) is 0 Å². The third kappa shape index (κ3) is 44.0. The summed E-state index contributed by atoms with van der Waals surface area (Å²) in [6.45, 7) is 11.7. The first kappa shape index (κ1) is 16.5. The Balaban J connectivity index is -0.000000107. The van der Waals surface area contributed by atoms with Crippen LogP contribution in [0.25, 0.3) is 0 Å². The van der Waals surface area contributed by atoms with E-state index in [2.05, 4.69) is 39.9 Å². The van der Waals surface area contributed by atoms with E-state index >= 15 is 0 Å². The van der Waals surface area contributed by atoms with E-state index in [0.717, 1.165) is 6.54 Å². The highest BCUT2D eigenvalue weighted by atomic mass is 14.9. The van der Waals surface area contributed by atoms with Gasteiger partial charge in [-0.25, -0.2) is 0 Å². The van der Waals surface area contributed by atoms with E-state index in [-0.39, 0.29) is 7.43 Å². The second kappa shape index (κ2) is 16.0. The maximum atomic E-state index is 3.21. The molecule has 0 aliphatic rings. The van der Waals surface area contributed by atoms with Crippen LogP contribution in [0.2, 0.25) is 0 Å². The molecule has 10 heavy (non-hydrogen) atoms. The smallest absolute Gasteiger partial charge is 0.00102 e. The molecule has 0 aromatic rings. The Kier molecular flexibility index (Phi) is 26.4. The van der Waals surface area contributed by atoms with Gasteiger partial charge in [-0.15, -0.1) is 0 Å². The van der Waals surface area contributed by atoms with Gasteiger partial charge in [0.2, 0.25) is 0 Å². The zero-order chi connectivity index (χ0) is 7.70. The van der Waals surface area contributed by atoms with Crippen LogP contribution in [0.1, 0.15) is 48.5 Å². The molecule has 0 aromatic heterocycles. The molecule has 0 radical (unpaired) electrons. The van der Waals surface area contributed by atoms with Crippen molar-refractivity contribution in [3.05, 3.63) is 0 Å². The molecule has 0 aliphatic heterocycles. The van der Waals surface area contributed by atoms with Crippen LogP contribution in [-0.4, -0.2) is 12.6 Å². The second-order valence-corrected chi connectivity index (χ2v) is 2.42. The molecule has 0 saturated heterocycles. The van der Waals surface area contributed by atoms with Crippen molar-refractivity contribution >= 4 is 0 Å². The van der Waals surface area contributed by atoms with Crippen LogP contribution in [0.15, 0.2) is 0 Å². The molecule has 0 atom stereocenters. The van der Waals surface area contributed by atoms with E-state index in [1.807, 2.05) is 0 Å². The van der Waals surface area contributed by atoms with Crippen LogP contribution < -0.4 is 5.32 Å². The minimum absolute atomic E-state index is 0. The van der Waals surface area contributed by atoms with Crippen molar-refractivity contribution in [3.8, 4) is 0 Å². The fraction of sp³-hybridized carbons (Fsp3) is 1.00. The van der Waals surface area contributed by atoms with Crippen LogP contribution in [0.3, 0.4) is 0 Å². The molecule has 0 rings (SSSR count). The quantitative estimate of drug-likeness (QED) is 0.633. The number of rotatable bonds is 2. The van der Waals surface area contributed by atoms with Crippen LogP contribution in [0, 0.1) is 0 Å². The van der Waals surface area contributed by atoms with Gasteiger partial charge in [0.1, 0.15) is 0 Å². The van der Waals surface area contributed by atoms with E-state index in [1.165, 1.54) is 6.42 Å². The SMILES string of the molecule is C.CCC.CCNC(C)C. The lowest BCUT2D eigenvalue weighted by Crippen LogP contribution is -2.21. The Morgan fingerprint density at radius 3 is 1.40 bits per heavy atom. The standard InChI is InChI=1S/C5H13N.C3H8.CH4/c1-4-6-5(2)3;1-3-2;/h5-6H,4H2,1-3H3;3H2,1-2H3;1H4. The third-order valence-electron chi connectivity index (χ3n) is 0.612. The summed E-state index contributed by atoms with van der Waals surface area (Å²) in [7, 11) is 0. The molecular weight excluding hydrogens is 122 g/mol. The number of nitrogens with one attached hydrogen (secondary N) is 1. The van der Waals surface area contributed by atoms with Gasteiger partial charge in [0, 0.05) is 6.04 Å². The lowest BCUT2D eigenvalue weighted by atomic mass is 10.4. The molecule has 1 N–H and O–H groups in total. The molecule has 0 fully saturated rings. The van der Waals surface area contributed by atoms with Crippen molar-refractivity contribution in [2.24, 2.45) is 0 Å². The molecule has 1 nitrogen and oxygen atoms in total. The molecule has 0 bridgehead atoms. The van der Waals surface area contributed by atoms with Crippen molar-refractivity contribution in [2.45, 2.75) is 54.5 Å². The summed E-state index contributed by atoms with van der Waals surface area (Å²) >= 11 is 0. The van der Waals surface area contributed by atoms with Gasteiger partial charge in [-0.2, -0.15) is 0 Å². The zero-order valence-corrected chi connectivity index (χ0v) is 7.49. The van der Waals surface area contributed by atoms with Crippen molar-refractivity contribution < 1.29 is 0 Å². The Labute approximate surface area is 67.2 Å². The Morgan fingerprint density at radius 2 is 1.40 bits per heavy atom. The predicted molar refractivity (Wildman–Crippen MR) is 51.5 cm³/mol. The fourth-order valence-electron chi connectivity index (χ4n) is 0.408. The largest absolute Gasteiger partial charge is 0.315 e. The average Bonchev–Trinajstić information content (AvgIpc) is 1.67. The third-order valence-corrected chi connectivity index (χ3v) is 0.612. The lowest BCUT2D eigenvalue weighted by Gasteiger charge is -2.00. The molecule has 0 spiro atoms. The monoisotopic (exact) mass is 147 g/mol. The first-order valence-corrected chi connectivity index (χ1v) is 3.92. The first-order valence-electron chi connectivity index (χ1n) is 3.92. The van der Waals surface area contributed by atoms with Gasteiger partial charge in [-0.3, -0.25) is 0 Å². The van der Waals surface area contributed by atoms with Crippen molar-refractivity contribution in [1.82, 2.24) is 5.32 Å². The molecule has 0 saturated carbocycles. The number of hydrogen-bond donors (Lipinski definition) is 1. The summed E-state index contributed by atoms with van der Waals surface area (Å²) in [5.41, 5.74) is 0. The molecule has 0 aliphatic carbocycles. The first-order chi connectivity index (χ1) is 4.18. The summed E-state index contributed by atoms with van der Waals surface area (Å²) in [4.78, 5) is 0. The molecular formula is C9H25N. The summed E-state index contributed by atoms with van der Waals surface area (Å²) in [6.07, 6.45) is 1.25. The highest BCUT2D eigenvalue weighted by Crippen LogP contribution is 1.70. The van der Waals surface area contributed by atoms with E-state index in [4.69, 9.17) is 0 Å². The van der Waals surface area contributed by atoms with E-state index in [9.17, 15) is 0 Å². The minimum Gasteiger partial charge on any atom is -0.315 e. The van der Waals surface area contributed by atoms with Crippen molar-refractivity contribution in [3.63, 3.8) is 0 Å². The van der Waals surface area contributed by atoms with Gasteiger partial charge < -0.3 is 5.32 Å². The predicted octanol–water partition coefficient (Wildman–Crippen LogP) is 3.06. The van der Waals surface area contributed by atoms with Gasteiger partial charge >= 0.3 is 0 Å². The van der Waals surface area contributed by atoms with Crippen LogP contribution in [0.4, 0.5) is 0 Å². The molecule has 1 heteroatoms. The van der Waals surface area contributed by atoms with Crippen LogP contribution in [0.5, 0.6) is 0 Å². The molecule has 66 valence electrons. The van der Waals surface area contributed by atoms with Crippen molar-refractivity contribution in [1.29, 1.82) is 0 Å².